The number of anilines is 1. The van der Waals surface area contributed by atoms with Gasteiger partial charge in [-0.2, -0.15) is 0 Å². The summed E-state index contributed by atoms with van der Waals surface area (Å²) in [4.78, 5) is 32.7. The third-order valence-corrected chi connectivity index (χ3v) is 7.16. The Bertz CT molecular complexity index is 1310. The summed E-state index contributed by atoms with van der Waals surface area (Å²) in [6.07, 6.45) is 3.08. The number of amides is 1. The maximum absolute atomic E-state index is 13.8. The summed E-state index contributed by atoms with van der Waals surface area (Å²) in [6.45, 7) is 5.73. The quantitative estimate of drug-likeness (QED) is 0.184. The van der Waals surface area contributed by atoms with E-state index in [1.807, 2.05) is 53.8 Å². The highest BCUT2D eigenvalue weighted by atomic mass is 16.5. The minimum atomic E-state index is -1.10. The van der Waals surface area contributed by atoms with E-state index in [0.29, 0.717) is 25.2 Å². The minimum absolute atomic E-state index is 0.0326. The van der Waals surface area contributed by atoms with E-state index in [9.17, 15) is 9.59 Å². The van der Waals surface area contributed by atoms with Crippen LogP contribution in [-0.4, -0.2) is 58.4 Å². The summed E-state index contributed by atoms with van der Waals surface area (Å²) in [6, 6.07) is 13.2. The van der Waals surface area contributed by atoms with Crippen molar-refractivity contribution in [1.82, 2.24) is 19.8 Å². The second-order valence-electron chi connectivity index (χ2n) is 9.77. The van der Waals surface area contributed by atoms with E-state index in [0.717, 1.165) is 47.4 Å². The first-order chi connectivity index (χ1) is 18.2. The molecule has 1 amide bonds. The first-order valence-electron chi connectivity index (χ1n) is 13.1. The maximum atomic E-state index is 13.8. The molecular weight excluding hydrogens is 482 g/mol. The molecule has 0 aliphatic carbocycles. The molecule has 1 fully saturated rings. The number of fused-ring (bicyclic) bond motifs is 1. The van der Waals surface area contributed by atoms with E-state index in [2.05, 4.69) is 10.6 Å². The molecule has 0 radical (unpaired) electrons. The lowest BCUT2D eigenvalue weighted by Gasteiger charge is -2.37. The molecule has 2 aromatic carbocycles. The number of imidazole rings is 1. The predicted molar refractivity (Wildman–Crippen MR) is 148 cm³/mol. The molecule has 4 rings (SSSR count). The number of likely N-dealkylation sites (tertiary alicyclic amines) is 1. The maximum Gasteiger partial charge on any atom is 0.319 e. The van der Waals surface area contributed by atoms with Crippen LogP contribution in [0.15, 0.2) is 42.5 Å². The Morgan fingerprint density at radius 3 is 2.50 bits per heavy atom. The number of hydrogen-bond donors (Lipinski definition) is 4. The van der Waals surface area contributed by atoms with Crippen LogP contribution < -0.4 is 16.4 Å². The van der Waals surface area contributed by atoms with Crippen molar-refractivity contribution in [3.05, 3.63) is 59.4 Å². The van der Waals surface area contributed by atoms with Gasteiger partial charge in [0.2, 0.25) is 5.91 Å². The molecule has 0 spiro atoms. The van der Waals surface area contributed by atoms with Gasteiger partial charge < -0.3 is 25.3 Å². The second-order valence-corrected chi connectivity index (χ2v) is 9.77. The molecule has 38 heavy (non-hydrogen) atoms. The number of amidine groups is 1. The average Bonchev–Trinajstić information content (AvgIpc) is 3.25. The summed E-state index contributed by atoms with van der Waals surface area (Å²) >= 11 is 0. The highest BCUT2D eigenvalue weighted by Crippen LogP contribution is 2.29. The van der Waals surface area contributed by atoms with E-state index >= 15 is 0 Å². The van der Waals surface area contributed by atoms with Gasteiger partial charge in [-0.3, -0.25) is 20.3 Å². The molecule has 3 aromatic rings. The van der Waals surface area contributed by atoms with Crippen molar-refractivity contribution in [2.45, 2.75) is 45.2 Å². The van der Waals surface area contributed by atoms with Crippen LogP contribution in [0, 0.1) is 5.41 Å². The number of nitrogens with zero attached hydrogens (tertiary/aromatic N) is 3. The van der Waals surface area contributed by atoms with Gasteiger partial charge in [0, 0.05) is 31.4 Å². The molecule has 1 aliphatic heterocycles. The Hall–Kier alpha value is -3.92. The second kappa shape index (κ2) is 11.6. The number of esters is 1. The summed E-state index contributed by atoms with van der Waals surface area (Å²) in [5.41, 5.74) is 8.46. The zero-order valence-electron chi connectivity index (χ0n) is 22.3. The van der Waals surface area contributed by atoms with Gasteiger partial charge in [0.15, 0.2) is 0 Å². The van der Waals surface area contributed by atoms with Crippen LogP contribution in [0.3, 0.4) is 0 Å². The van der Waals surface area contributed by atoms with E-state index in [4.69, 9.17) is 20.9 Å². The van der Waals surface area contributed by atoms with Crippen LogP contribution in [0.2, 0.25) is 0 Å². The van der Waals surface area contributed by atoms with Gasteiger partial charge >= 0.3 is 5.97 Å². The number of piperidine rings is 1. The van der Waals surface area contributed by atoms with Crippen LogP contribution in [0.5, 0.6) is 0 Å². The van der Waals surface area contributed by atoms with Crippen LogP contribution in [0.1, 0.15) is 50.1 Å². The van der Waals surface area contributed by atoms with Crippen molar-refractivity contribution in [3.63, 3.8) is 0 Å². The molecule has 0 saturated carbocycles. The number of aryl methyl sites for hydroxylation is 1. The van der Waals surface area contributed by atoms with Crippen LogP contribution in [-0.2, 0) is 33.5 Å². The minimum Gasteiger partial charge on any atom is -0.465 e. The van der Waals surface area contributed by atoms with Crippen molar-refractivity contribution in [1.29, 1.82) is 5.41 Å². The molecule has 2 heterocycles. The first-order valence-corrected chi connectivity index (χ1v) is 13.1. The zero-order valence-corrected chi connectivity index (χ0v) is 22.3. The van der Waals surface area contributed by atoms with Crippen molar-refractivity contribution in [2.75, 3.05) is 31.6 Å². The summed E-state index contributed by atoms with van der Waals surface area (Å²) in [5.74, 6) is 0.419. The van der Waals surface area contributed by atoms with Gasteiger partial charge in [-0.05, 0) is 75.1 Å². The topological polar surface area (TPSA) is 138 Å². The third-order valence-electron chi connectivity index (χ3n) is 7.16. The highest BCUT2D eigenvalue weighted by Gasteiger charge is 2.39. The average molecular weight is 520 g/mol. The molecule has 10 nitrogen and oxygen atoms in total. The van der Waals surface area contributed by atoms with E-state index < -0.39 is 11.5 Å². The smallest absolute Gasteiger partial charge is 0.319 e. The standard InChI is InChI=1S/C28H37N7O3/c1-4-38-25(36)18-32-28(2,27(37)35-14-6-5-7-15-35)20-10-13-23-22(16-20)33-24(34(23)3)17-31-21-11-8-19(9-12-21)26(29)30/h8-13,16,31-32H,4-7,14-15,17-18H2,1-3H3,(H3,29,30). The van der Waals surface area contributed by atoms with Crippen molar-refractivity contribution < 1.29 is 14.3 Å². The molecule has 1 saturated heterocycles. The summed E-state index contributed by atoms with van der Waals surface area (Å²) in [7, 11) is 1.96. The van der Waals surface area contributed by atoms with E-state index in [1.54, 1.807) is 19.1 Å². The number of nitrogen functional groups attached to an aromatic ring is 1. The zero-order chi connectivity index (χ0) is 27.3. The predicted octanol–water partition coefficient (Wildman–Crippen LogP) is 2.85. The largest absolute Gasteiger partial charge is 0.465 e. The SMILES string of the molecule is CCOC(=O)CNC(C)(C(=O)N1CCCCC1)c1ccc2c(c1)nc(CNc1ccc(C(=N)N)cc1)n2C. The number of nitrogens with one attached hydrogen (secondary N) is 3. The van der Waals surface area contributed by atoms with Crippen LogP contribution >= 0.6 is 0 Å². The number of carbonyl (C=O) groups is 2. The van der Waals surface area contributed by atoms with Crippen molar-refractivity contribution >= 4 is 34.4 Å². The third kappa shape index (κ3) is 5.80. The molecule has 1 aromatic heterocycles. The normalized spacial score (nSPS) is 15.2. The van der Waals surface area contributed by atoms with Gasteiger partial charge in [-0.15, -0.1) is 0 Å². The molecule has 202 valence electrons. The molecule has 1 atom stereocenters. The Labute approximate surface area is 223 Å². The number of aromatic nitrogens is 2. The fourth-order valence-corrected chi connectivity index (χ4v) is 4.84. The number of hydrogen-bond acceptors (Lipinski definition) is 7. The Morgan fingerprint density at radius 1 is 1.13 bits per heavy atom. The first kappa shape index (κ1) is 27.1. The number of ether oxygens (including phenoxy) is 1. The number of rotatable bonds is 10. The molecule has 0 bridgehead atoms. The van der Waals surface area contributed by atoms with Gasteiger partial charge in [0.05, 0.1) is 30.7 Å². The lowest BCUT2D eigenvalue weighted by atomic mass is 9.89. The van der Waals surface area contributed by atoms with E-state index in [-0.39, 0.29) is 24.9 Å². The van der Waals surface area contributed by atoms with Gasteiger partial charge in [-0.25, -0.2) is 4.98 Å². The molecule has 5 N–H and O–H groups in total. The van der Waals surface area contributed by atoms with Crippen LogP contribution in [0.25, 0.3) is 11.0 Å². The fraction of sp³-hybridized carbons (Fsp3) is 0.429. The van der Waals surface area contributed by atoms with Crippen molar-refractivity contribution in [2.24, 2.45) is 12.8 Å². The van der Waals surface area contributed by atoms with Gasteiger partial charge in [0.1, 0.15) is 17.2 Å². The van der Waals surface area contributed by atoms with Crippen LogP contribution in [0.4, 0.5) is 5.69 Å². The Balaban J connectivity index is 1.59. The molecule has 1 unspecified atom stereocenters. The monoisotopic (exact) mass is 519 g/mol. The van der Waals surface area contributed by atoms with Gasteiger partial charge in [0.25, 0.3) is 0 Å². The van der Waals surface area contributed by atoms with E-state index in [1.165, 1.54) is 0 Å². The summed E-state index contributed by atoms with van der Waals surface area (Å²) < 4.78 is 7.12. The Kier molecular flexibility index (Phi) is 8.31. The van der Waals surface area contributed by atoms with Gasteiger partial charge in [-0.1, -0.05) is 6.07 Å². The lowest BCUT2D eigenvalue weighted by molar-refractivity contribution is -0.144. The number of carbonyl (C=O) groups excluding carboxylic acids is 2. The molecule has 10 heteroatoms. The Morgan fingerprint density at radius 2 is 1.84 bits per heavy atom. The lowest BCUT2D eigenvalue weighted by Crippen LogP contribution is -2.56. The molecule has 1 aliphatic rings. The highest BCUT2D eigenvalue weighted by molar-refractivity contribution is 5.95. The molecular formula is C28H37N7O3. The summed E-state index contributed by atoms with van der Waals surface area (Å²) in [5, 5.41) is 14.1. The number of nitrogens with two attached hydrogens (primary N) is 1. The fourth-order valence-electron chi connectivity index (χ4n) is 4.84. The van der Waals surface area contributed by atoms with Crippen molar-refractivity contribution in [3.8, 4) is 0 Å². The number of benzene rings is 2.